The van der Waals surface area contributed by atoms with E-state index in [1.165, 1.54) is 0 Å². The first-order valence-electron chi connectivity index (χ1n) is 4.48. The minimum Gasteiger partial charge on any atom is -0.494 e. The molecule has 2 heterocycles. The van der Waals surface area contributed by atoms with Crippen molar-refractivity contribution in [1.82, 2.24) is 4.98 Å². The van der Waals surface area contributed by atoms with Crippen LogP contribution in [-0.4, -0.2) is 12.1 Å². The Morgan fingerprint density at radius 1 is 1.29 bits per heavy atom. The van der Waals surface area contributed by atoms with Crippen molar-refractivity contribution < 1.29 is 9.30 Å². The molecule has 72 valence electrons. The van der Waals surface area contributed by atoms with Crippen LogP contribution in [0.2, 0.25) is 0 Å². The molecule has 0 saturated carbocycles. The molecule has 0 aliphatic heterocycles. The van der Waals surface area contributed by atoms with Crippen LogP contribution >= 0.6 is 0 Å². The zero-order chi connectivity index (χ0) is 9.97. The average molecular weight is 189 g/mol. The zero-order valence-corrected chi connectivity index (χ0v) is 8.32. The Labute approximate surface area is 83.0 Å². The largest absolute Gasteiger partial charge is 0.494 e. The molecule has 0 saturated heterocycles. The summed E-state index contributed by atoms with van der Waals surface area (Å²) >= 11 is 0. The summed E-state index contributed by atoms with van der Waals surface area (Å²) in [5, 5.41) is 0. The fraction of sp³-hybridized carbons (Fsp3) is 0.182. The third-order valence-electron chi connectivity index (χ3n) is 2.26. The lowest BCUT2D eigenvalue weighted by molar-refractivity contribution is -0.660. The molecule has 0 aliphatic rings. The van der Waals surface area contributed by atoms with Gasteiger partial charge in [0.2, 0.25) is 5.69 Å². The lowest BCUT2D eigenvalue weighted by Crippen LogP contribution is -2.29. The number of pyridine rings is 1. The second-order valence-corrected chi connectivity index (χ2v) is 3.13. The Morgan fingerprint density at radius 2 is 2.14 bits per heavy atom. The molecule has 2 aromatic heterocycles. The van der Waals surface area contributed by atoms with E-state index in [0.29, 0.717) is 0 Å². The van der Waals surface area contributed by atoms with Crippen LogP contribution in [0.25, 0.3) is 11.3 Å². The Hall–Kier alpha value is -1.77. The standard InChI is InChI=1S/C11H12N2O/c1-13-6-4-3-5-10(13)9-7-12-8-11(9)14-2/h3-8H,1-2H3/p+1. The van der Waals surface area contributed by atoms with Gasteiger partial charge in [0.15, 0.2) is 6.20 Å². The van der Waals surface area contributed by atoms with Crippen LogP contribution in [-0.2, 0) is 7.05 Å². The summed E-state index contributed by atoms with van der Waals surface area (Å²) < 4.78 is 7.31. The van der Waals surface area contributed by atoms with Crippen LogP contribution < -0.4 is 9.30 Å². The van der Waals surface area contributed by atoms with Gasteiger partial charge in [-0.3, -0.25) is 0 Å². The highest BCUT2D eigenvalue weighted by molar-refractivity contribution is 5.63. The Balaban J connectivity index is 2.54. The second kappa shape index (κ2) is 3.54. The second-order valence-electron chi connectivity index (χ2n) is 3.13. The van der Waals surface area contributed by atoms with Crippen molar-refractivity contribution >= 4 is 0 Å². The average Bonchev–Trinajstić information content (AvgIpc) is 2.66. The summed E-state index contributed by atoms with van der Waals surface area (Å²) in [5.41, 5.74) is 2.21. The predicted molar refractivity (Wildman–Crippen MR) is 54.0 cm³/mol. The number of hydrogen-bond acceptors (Lipinski definition) is 1. The maximum atomic E-state index is 5.25. The van der Waals surface area contributed by atoms with Crippen molar-refractivity contribution in [3.8, 4) is 17.0 Å². The molecule has 0 bridgehead atoms. The zero-order valence-electron chi connectivity index (χ0n) is 8.32. The van der Waals surface area contributed by atoms with E-state index in [-0.39, 0.29) is 0 Å². The molecule has 0 amide bonds. The number of rotatable bonds is 2. The number of aromatic amines is 1. The summed E-state index contributed by atoms with van der Waals surface area (Å²) in [5.74, 6) is 0.867. The van der Waals surface area contributed by atoms with Gasteiger partial charge in [-0.2, -0.15) is 0 Å². The normalized spacial score (nSPS) is 10.1. The number of nitrogens with one attached hydrogen (secondary N) is 1. The molecule has 2 rings (SSSR count). The van der Waals surface area contributed by atoms with E-state index in [1.807, 2.05) is 37.8 Å². The highest BCUT2D eigenvalue weighted by Gasteiger charge is 2.14. The summed E-state index contributed by atoms with van der Waals surface area (Å²) in [4.78, 5) is 3.04. The Morgan fingerprint density at radius 3 is 2.86 bits per heavy atom. The molecule has 0 aromatic carbocycles. The summed E-state index contributed by atoms with van der Waals surface area (Å²) in [7, 11) is 3.69. The fourth-order valence-electron chi connectivity index (χ4n) is 1.52. The highest BCUT2D eigenvalue weighted by Crippen LogP contribution is 2.26. The number of H-pyrrole nitrogens is 1. The smallest absolute Gasteiger partial charge is 0.217 e. The van der Waals surface area contributed by atoms with Crippen molar-refractivity contribution in [2.75, 3.05) is 7.11 Å². The van der Waals surface area contributed by atoms with E-state index < -0.39 is 0 Å². The quantitative estimate of drug-likeness (QED) is 0.713. The highest BCUT2D eigenvalue weighted by atomic mass is 16.5. The number of aromatic nitrogens is 2. The molecule has 0 unspecified atom stereocenters. The summed E-state index contributed by atoms with van der Waals surface area (Å²) in [6.45, 7) is 0. The predicted octanol–water partition coefficient (Wildman–Crippen LogP) is 1.51. The lowest BCUT2D eigenvalue weighted by atomic mass is 10.2. The molecule has 0 spiro atoms. The van der Waals surface area contributed by atoms with Crippen LogP contribution in [0.15, 0.2) is 36.8 Å². The van der Waals surface area contributed by atoms with Crippen LogP contribution in [0.1, 0.15) is 0 Å². The monoisotopic (exact) mass is 189 g/mol. The van der Waals surface area contributed by atoms with Gasteiger partial charge in [0.25, 0.3) is 0 Å². The van der Waals surface area contributed by atoms with Gasteiger partial charge in [-0.25, -0.2) is 4.57 Å². The van der Waals surface area contributed by atoms with Gasteiger partial charge >= 0.3 is 0 Å². The lowest BCUT2D eigenvalue weighted by Gasteiger charge is -2.00. The van der Waals surface area contributed by atoms with Gasteiger partial charge in [-0.05, 0) is 6.07 Å². The first-order valence-corrected chi connectivity index (χ1v) is 4.48. The molecule has 3 nitrogen and oxygen atoms in total. The first-order chi connectivity index (χ1) is 6.83. The van der Waals surface area contributed by atoms with Crippen molar-refractivity contribution in [2.45, 2.75) is 0 Å². The number of ether oxygens (including phenoxy) is 1. The molecular weight excluding hydrogens is 176 g/mol. The van der Waals surface area contributed by atoms with E-state index in [2.05, 4.69) is 15.6 Å². The van der Waals surface area contributed by atoms with Gasteiger partial charge < -0.3 is 9.72 Å². The van der Waals surface area contributed by atoms with Gasteiger partial charge in [0.1, 0.15) is 18.4 Å². The third-order valence-corrected chi connectivity index (χ3v) is 2.26. The van der Waals surface area contributed by atoms with Crippen LogP contribution in [0.3, 0.4) is 0 Å². The molecule has 14 heavy (non-hydrogen) atoms. The van der Waals surface area contributed by atoms with E-state index in [1.54, 1.807) is 7.11 Å². The van der Waals surface area contributed by atoms with E-state index in [4.69, 9.17) is 4.74 Å². The summed E-state index contributed by atoms with van der Waals surface area (Å²) in [6, 6.07) is 6.08. The minimum atomic E-state index is 0.867. The maximum Gasteiger partial charge on any atom is 0.217 e. The van der Waals surface area contributed by atoms with Crippen molar-refractivity contribution in [3.63, 3.8) is 0 Å². The number of methoxy groups -OCH3 is 1. The van der Waals surface area contributed by atoms with Crippen LogP contribution in [0.4, 0.5) is 0 Å². The Bertz CT molecular complexity index is 434. The fourth-order valence-corrected chi connectivity index (χ4v) is 1.52. The topological polar surface area (TPSA) is 28.9 Å². The number of hydrogen-bond donors (Lipinski definition) is 1. The van der Waals surface area contributed by atoms with Gasteiger partial charge in [-0.15, -0.1) is 0 Å². The van der Waals surface area contributed by atoms with Gasteiger partial charge in [0, 0.05) is 24.5 Å². The van der Waals surface area contributed by atoms with Crippen LogP contribution in [0.5, 0.6) is 5.75 Å². The summed E-state index contributed by atoms with van der Waals surface area (Å²) in [6.07, 6.45) is 5.80. The molecule has 3 heteroatoms. The minimum absolute atomic E-state index is 0.867. The van der Waals surface area contributed by atoms with E-state index in [0.717, 1.165) is 17.0 Å². The molecule has 0 atom stereocenters. The molecule has 0 fully saturated rings. The molecular formula is C11H13N2O+. The van der Waals surface area contributed by atoms with E-state index in [9.17, 15) is 0 Å². The number of aryl methyl sites for hydroxylation is 1. The SMILES string of the molecule is COc1c[nH]cc1-c1cccc[n+]1C. The molecule has 1 N–H and O–H groups in total. The molecule has 0 aliphatic carbocycles. The van der Waals surface area contributed by atoms with Crippen molar-refractivity contribution in [2.24, 2.45) is 7.05 Å². The van der Waals surface area contributed by atoms with E-state index >= 15 is 0 Å². The van der Waals surface area contributed by atoms with Gasteiger partial charge in [-0.1, -0.05) is 0 Å². The third kappa shape index (κ3) is 1.37. The number of nitrogens with zero attached hydrogens (tertiary/aromatic N) is 1. The Kier molecular flexibility index (Phi) is 2.23. The first kappa shape index (κ1) is 8.81. The maximum absolute atomic E-state index is 5.25. The van der Waals surface area contributed by atoms with Crippen molar-refractivity contribution in [1.29, 1.82) is 0 Å². The molecule has 2 aromatic rings. The molecule has 0 radical (unpaired) electrons. The van der Waals surface area contributed by atoms with Crippen LogP contribution in [0, 0.1) is 0 Å². The van der Waals surface area contributed by atoms with Crippen molar-refractivity contribution in [3.05, 3.63) is 36.8 Å². The van der Waals surface area contributed by atoms with Gasteiger partial charge in [0.05, 0.1) is 7.11 Å².